The van der Waals surface area contributed by atoms with Gasteiger partial charge in [0.05, 0.1) is 18.1 Å². The number of epoxide rings is 1. The van der Waals surface area contributed by atoms with Crippen molar-refractivity contribution >= 4 is 11.9 Å². The molecule has 2 saturated carbocycles. The lowest BCUT2D eigenvalue weighted by Gasteiger charge is -2.51. The third-order valence-corrected chi connectivity index (χ3v) is 8.40. The molecule has 28 heavy (non-hydrogen) atoms. The monoisotopic (exact) mass is 390 g/mol. The molecule has 5 fully saturated rings. The average molecular weight is 391 g/mol. The van der Waals surface area contributed by atoms with Gasteiger partial charge in [0.25, 0.3) is 0 Å². The summed E-state index contributed by atoms with van der Waals surface area (Å²) in [5, 5.41) is 3.48. The summed E-state index contributed by atoms with van der Waals surface area (Å²) in [4.78, 5) is 26.2. The Morgan fingerprint density at radius 1 is 1.25 bits per heavy atom. The average Bonchev–Trinajstić information content (AvgIpc) is 3.20. The molecule has 0 aromatic carbocycles. The van der Waals surface area contributed by atoms with Gasteiger partial charge in [-0.2, -0.15) is 0 Å². The number of hydrogen-bond acceptors (Lipinski definition) is 5. The number of ether oxygens (including phenoxy) is 2. The van der Waals surface area contributed by atoms with Crippen LogP contribution in [0.3, 0.4) is 0 Å². The van der Waals surface area contributed by atoms with Crippen LogP contribution in [0.2, 0.25) is 0 Å². The van der Waals surface area contributed by atoms with Crippen molar-refractivity contribution in [3.63, 3.8) is 0 Å². The summed E-state index contributed by atoms with van der Waals surface area (Å²) in [7, 11) is 0. The summed E-state index contributed by atoms with van der Waals surface area (Å²) in [5.41, 5.74) is 0.380. The molecule has 3 aliphatic heterocycles. The summed E-state index contributed by atoms with van der Waals surface area (Å²) >= 11 is 0. The molecule has 0 radical (unpaired) electrons. The van der Waals surface area contributed by atoms with E-state index in [9.17, 15) is 9.59 Å². The SMILES string of the molecule is C[C@]12CCC[C@@]3(CO3)[C@@H]1C[C@H]1[C@@H](C2)OC(=O)[C@@H]1CNCCCN1CCCC1=O. The molecule has 0 aromatic heterocycles. The van der Waals surface area contributed by atoms with Crippen LogP contribution in [0, 0.1) is 23.2 Å². The van der Waals surface area contributed by atoms with Gasteiger partial charge >= 0.3 is 5.97 Å². The van der Waals surface area contributed by atoms with Crippen LogP contribution in [0.15, 0.2) is 0 Å². The van der Waals surface area contributed by atoms with Crippen LogP contribution in [0.1, 0.15) is 58.3 Å². The molecule has 1 amide bonds. The van der Waals surface area contributed by atoms with Gasteiger partial charge in [-0.1, -0.05) is 6.92 Å². The molecule has 0 bridgehead atoms. The minimum Gasteiger partial charge on any atom is -0.462 e. The predicted octanol–water partition coefficient (Wildman–Crippen LogP) is 2.12. The highest BCUT2D eigenvalue weighted by Gasteiger charge is 2.64. The van der Waals surface area contributed by atoms with Crippen LogP contribution in [0.4, 0.5) is 0 Å². The molecule has 3 heterocycles. The maximum absolute atomic E-state index is 12.6. The van der Waals surface area contributed by atoms with Crippen LogP contribution >= 0.6 is 0 Å². The molecular weight excluding hydrogens is 356 g/mol. The van der Waals surface area contributed by atoms with Crippen molar-refractivity contribution in [2.24, 2.45) is 23.2 Å². The van der Waals surface area contributed by atoms with E-state index in [1.54, 1.807) is 0 Å². The van der Waals surface area contributed by atoms with Crippen molar-refractivity contribution in [3.05, 3.63) is 0 Å². The Balaban J connectivity index is 1.15. The largest absolute Gasteiger partial charge is 0.462 e. The second-order valence-electron chi connectivity index (χ2n) is 10.1. The Hall–Kier alpha value is -1.14. The molecule has 1 N–H and O–H groups in total. The first-order valence-corrected chi connectivity index (χ1v) is 11.3. The van der Waals surface area contributed by atoms with Crippen molar-refractivity contribution in [2.75, 3.05) is 32.8 Å². The van der Waals surface area contributed by atoms with Gasteiger partial charge in [-0.15, -0.1) is 0 Å². The minimum atomic E-state index is -0.0271. The highest BCUT2D eigenvalue weighted by Crippen LogP contribution is 2.62. The zero-order valence-electron chi connectivity index (χ0n) is 17.1. The lowest BCUT2D eigenvalue weighted by molar-refractivity contribution is -0.147. The number of carbonyl (C=O) groups is 2. The molecule has 1 spiro atoms. The first kappa shape index (κ1) is 18.9. The van der Waals surface area contributed by atoms with E-state index >= 15 is 0 Å². The molecule has 5 aliphatic rings. The Kier molecular flexibility index (Phi) is 4.70. The van der Waals surface area contributed by atoms with E-state index in [0.717, 1.165) is 51.9 Å². The van der Waals surface area contributed by atoms with E-state index < -0.39 is 0 Å². The van der Waals surface area contributed by atoms with Crippen molar-refractivity contribution in [3.8, 4) is 0 Å². The predicted molar refractivity (Wildman–Crippen MR) is 104 cm³/mol. The van der Waals surface area contributed by atoms with Gasteiger partial charge in [-0.3, -0.25) is 9.59 Å². The molecular formula is C22H34N2O4. The number of likely N-dealkylation sites (tertiary alicyclic amines) is 1. The normalized spacial score (nSPS) is 44.5. The van der Waals surface area contributed by atoms with E-state index in [0.29, 0.717) is 24.8 Å². The van der Waals surface area contributed by atoms with Crippen molar-refractivity contribution in [1.82, 2.24) is 10.2 Å². The van der Waals surface area contributed by atoms with Crippen LogP contribution < -0.4 is 5.32 Å². The molecule has 2 aliphatic carbocycles. The van der Waals surface area contributed by atoms with E-state index in [-0.39, 0.29) is 34.9 Å². The van der Waals surface area contributed by atoms with Crippen LogP contribution in [0.25, 0.3) is 0 Å². The number of hydrogen-bond donors (Lipinski definition) is 1. The summed E-state index contributed by atoms with van der Waals surface area (Å²) < 4.78 is 11.8. The van der Waals surface area contributed by atoms with E-state index in [4.69, 9.17) is 9.47 Å². The molecule has 0 aromatic rings. The smallest absolute Gasteiger partial charge is 0.310 e. The summed E-state index contributed by atoms with van der Waals surface area (Å²) in [5.74, 6) is 1.16. The number of amides is 1. The van der Waals surface area contributed by atoms with E-state index in [1.807, 2.05) is 4.90 Å². The number of nitrogens with zero attached hydrogens (tertiary/aromatic N) is 1. The molecule has 0 unspecified atom stereocenters. The molecule has 6 heteroatoms. The van der Waals surface area contributed by atoms with Crippen molar-refractivity contribution < 1.29 is 19.1 Å². The van der Waals surface area contributed by atoms with Crippen LogP contribution in [-0.2, 0) is 19.1 Å². The maximum Gasteiger partial charge on any atom is 0.310 e. The van der Waals surface area contributed by atoms with E-state index in [2.05, 4.69) is 12.2 Å². The third-order valence-electron chi connectivity index (χ3n) is 8.40. The van der Waals surface area contributed by atoms with Crippen LogP contribution in [-0.4, -0.2) is 61.3 Å². The fourth-order valence-corrected chi connectivity index (χ4v) is 6.78. The summed E-state index contributed by atoms with van der Waals surface area (Å²) in [6.45, 7) is 6.59. The Morgan fingerprint density at radius 2 is 2.11 bits per heavy atom. The first-order chi connectivity index (χ1) is 13.5. The van der Waals surface area contributed by atoms with Crippen molar-refractivity contribution in [1.29, 1.82) is 0 Å². The molecule has 156 valence electrons. The number of rotatable bonds is 6. The molecule has 5 rings (SSSR count). The number of fused-ring (bicyclic) bond motifs is 3. The van der Waals surface area contributed by atoms with Gasteiger partial charge in [0.15, 0.2) is 0 Å². The fraction of sp³-hybridized carbons (Fsp3) is 0.909. The van der Waals surface area contributed by atoms with Crippen molar-refractivity contribution in [2.45, 2.75) is 70.0 Å². The van der Waals surface area contributed by atoms with Gasteiger partial charge in [0, 0.05) is 32.0 Å². The Morgan fingerprint density at radius 3 is 2.86 bits per heavy atom. The minimum absolute atomic E-state index is 0.00904. The number of esters is 1. The van der Waals surface area contributed by atoms with Gasteiger partial charge in [0.2, 0.25) is 5.91 Å². The van der Waals surface area contributed by atoms with E-state index in [1.165, 1.54) is 19.3 Å². The Labute approximate surface area is 167 Å². The second-order valence-corrected chi connectivity index (χ2v) is 10.1. The quantitative estimate of drug-likeness (QED) is 0.427. The molecule has 6 atom stereocenters. The second kappa shape index (κ2) is 6.98. The lowest BCUT2D eigenvalue weighted by Crippen LogP contribution is -2.51. The highest BCUT2D eigenvalue weighted by atomic mass is 16.6. The Bertz CT molecular complexity index is 648. The summed E-state index contributed by atoms with van der Waals surface area (Å²) in [6, 6.07) is 0. The van der Waals surface area contributed by atoms with Crippen LogP contribution in [0.5, 0.6) is 0 Å². The third kappa shape index (κ3) is 3.17. The number of nitrogens with one attached hydrogen (secondary N) is 1. The lowest BCUT2D eigenvalue weighted by atomic mass is 9.53. The van der Waals surface area contributed by atoms with Gasteiger partial charge in [-0.25, -0.2) is 0 Å². The fourth-order valence-electron chi connectivity index (χ4n) is 6.78. The topological polar surface area (TPSA) is 71.2 Å². The van der Waals surface area contributed by atoms with Gasteiger partial charge in [-0.05, 0) is 62.8 Å². The van der Waals surface area contributed by atoms with Gasteiger partial charge < -0.3 is 19.7 Å². The van der Waals surface area contributed by atoms with Gasteiger partial charge in [0.1, 0.15) is 6.10 Å². The highest BCUT2D eigenvalue weighted by molar-refractivity contribution is 5.78. The first-order valence-electron chi connectivity index (χ1n) is 11.3. The molecule has 3 saturated heterocycles. The number of carbonyl (C=O) groups excluding carboxylic acids is 2. The molecule has 6 nitrogen and oxygen atoms in total. The summed E-state index contributed by atoms with van der Waals surface area (Å²) in [6.07, 6.45) is 8.48. The standard InChI is InChI=1S/C22H34N2O4/c1-21-6-3-7-22(14-27-22)18(21)11-15-16(20(26)28-17(15)12-21)13-23-8-4-10-24-9-2-5-19(24)25/h15-18,23H,2-14H2,1H3/t15-,16-,17-,18-,21-,22-/m1/s1. The zero-order valence-corrected chi connectivity index (χ0v) is 17.1. The maximum atomic E-state index is 12.6. The zero-order chi connectivity index (χ0) is 19.4.